The second-order valence-corrected chi connectivity index (χ2v) is 5.64. The molecule has 0 heterocycles. The molecule has 1 saturated carbocycles. The third kappa shape index (κ3) is 2.76. The summed E-state index contributed by atoms with van der Waals surface area (Å²) >= 11 is 9.57. The van der Waals surface area contributed by atoms with Gasteiger partial charge < -0.3 is 0 Å². The number of hydrogen-bond donors (Lipinski definition) is 0. The van der Waals surface area contributed by atoms with Crippen molar-refractivity contribution in [3.8, 4) is 0 Å². The second kappa shape index (κ2) is 4.88. The molecule has 0 atom stereocenters. The van der Waals surface area contributed by atoms with E-state index in [0.717, 1.165) is 10.4 Å². The Kier molecular flexibility index (Phi) is 3.73. The van der Waals surface area contributed by atoms with Gasteiger partial charge in [0.15, 0.2) is 0 Å². The third-order valence-corrected chi connectivity index (χ3v) is 4.88. The lowest BCUT2D eigenvalue weighted by atomic mass is 9.82. The first-order valence-corrected chi connectivity index (χ1v) is 7.04. The molecule has 0 aromatic heterocycles. The molecule has 2 rings (SSSR count). The topological polar surface area (TPSA) is 0 Å². The van der Waals surface area contributed by atoms with Crippen LogP contribution < -0.4 is 0 Å². The molecule has 1 aliphatic rings. The highest BCUT2D eigenvalue weighted by atomic mass is 79.9. The van der Waals surface area contributed by atoms with Crippen molar-refractivity contribution in [1.29, 1.82) is 0 Å². The molecule has 0 radical (unpaired) electrons. The maximum absolute atomic E-state index is 5.89. The van der Waals surface area contributed by atoms with E-state index in [2.05, 4.69) is 28.1 Å². The molecule has 1 aromatic carbocycles. The molecular weight excluding hydrogens is 272 g/mol. The Morgan fingerprint density at radius 2 is 1.73 bits per heavy atom. The van der Waals surface area contributed by atoms with Gasteiger partial charge in [-0.3, -0.25) is 0 Å². The lowest BCUT2D eigenvalue weighted by molar-refractivity contribution is 0.346. The van der Waals surface area contributed by atoms with Gasteiger partial charge in [-0.05, 0) is 42.4 Å². The SMILES string of the molecule is Clc1ccc(CC2(CBr)CCCC2)cc1. The van der Waals surface area contributed by atoms with Crippen molar-refractivity contribution in [2.24, 2.45) is 5.41 Å². The van der Waals surface area contributed by atoms with Crippen LogP contribution in [-0.2, 0) is 6.42 Å². The van der Waals surface area contributed by atoms with E-state index in [0.29, 0.717) is 5.41 Å². The molecule has 15 heavy (non-hydrogen) atoms. The van der Waals surface area contributed by atoms with Crippen LogP contribution >= 0.6 is 27.5 Å². The second-order valence-electron chi connectivity index (χ2n) is 4.64. The van der Waals surface area contributed by atoms with Crippen LogP contribution in [0.4, 0.5) is 0 Å². The molecule has 2 heteroatoms. The Morgan fingerprint density at radius 3 is 2.27 bits per heavy atom. The van der Waals surface area contributed by atoms with E-state index >= 15 is 0 Å². The van der Waals surface area contributed by atoms with Gasteiger partial charge in [-0.1, -0.05) is 52.5 Å². The minimum atomic E-state index is 0.508. The van der Waals surface area contributed by atoms with Crippen LogP contribution in [0, 0.1) is 5.41 Å². The maximum Gasteiger partial charge on any atom is 0.0406 e. The monoisotopic (exact) mass is 286 g/mol. The maximum atomic E-state index is 5.89. The smallest absolute Gasteiger partial charge is 0.0406 e. The fourth-order valence-corrected chi connectivity index (χ4v) is 3.40. The zero-order valence-electron chi connectivity index (χ0n) is 8.81. The van der Waals surface area contributed by atoms with Gasteiger partial charge in [-0.2, -0.15) is 0 Å². The van der Waals surface area contributed by atoms with Gasteiger partial charge in [0.1, 0.15) is 0 Å². The van der Waals surface area contributed by atoms with Crippen molar-refractivity contribution in [3.63, 3.8) is 0 Å². The van der Waals surface area contributed by atoms with E-state index in [4.69, 9.17) is 11.6 Å². The highest BCUT2D eigenvalue weighted by molar-refractivity contribution is 9.09. The lowest BCUT2D eigenvalue weighted by Crippen LogP contribution is -2.21. The first kappa shape index (κ1) is 11.5. The Hall–Kier alpha value is -0.0100. The van der Waals surface area contributed by atoms with Gasteiger partial charge in [0, 0.05) is 10.4 Å². The van der Waals surface area contributed by atoms with Crippen molar-refractivity contribution < 1.29 is 0 Å². The average Bonchev–Trinajstić information content (AvgIpc) is 2.71. The number of alkyl halides is 1. The molecule has 0 nitrogen and oxygen atoms in total. The first-order valence-electron chi connectivity index (χ1n) is 5.55. The zero-order valence-corrected chi connectivity index (χ0v) is 11.1. The summed E-state index contributed by atoms with van der Waals surface area (Å²) in [4.78, 5) is 0. The van der Waals surface area contributed by atoms with E-state index in [1.54, 1.807) is 0 Å². The van der Waals surface area contributed by atoms with Crippen molar-refractivity contribution >= 4 is 27.5 Å². The van der Waals surface area contributed by atoms with Gasteiger partial charge >= 0.3 is 0 Å². The number of halogens is 2. The van der Waals surface area contributed by atoms with Crippen LogP contribution in [0.2, 0.25) is 5.02 Å². The predicted molar refractivity (Wildman–Crippen MR) is 69.9 cm³/mol. The van der Waals surface area contributed by atoms with E-state index in [1.165, 1.54) is 37.7 Å². The fraction of sp³-hybridized carbons (Fsp3) is 0.538. The zero-order chi connectivity index (χ0) is 10.7. The van der Waals surface area contributed by atoms with Crippen LogP contribution in [0.25, 0.3) is 0 Å². The number of benzene rings is 1. The molecule has 82 valence electrons. The van der Waals surface area contributed by atoms with Crippen molar-refractivity contribution in [2.45, 2.75) is 32.1 Å². The minimum absolute atomic E-state index is 0.508. The summed E-state index contributed by atoms with van der Waals surface area (Å²) in [6, 6.07) is 8.30. The molecule has 0 aliphatic heterocycles. The summed E-state index contributed by atoms with van der Waals surface area (Å²) in [6.07, 6.45) is 6.69. The van der Waals surface area contributed by atoms with Gasteiger partial charge in [0.25, 0.3) is 0 Å². The Balaban J connectivity index is 2.09. The Morgan fingerprint density at radius 1 is 1.13 bits per heavy atom. The standard InChI is InChI=1S/C13H16BrCl/c14-10-13(7-1-2-8-13)9-11-3-5-12(15)6-4-11/h3-6H,1-2,7-10H2. The van der Waals surface area contributed by atoms with E-state index in [9.17, 15) is 0 Å². The van der Waals surface area contributed by atoms with Crippen LogP contribution in [0.5, 0.6) is 0 Å². The van der Waals surface area contributed by atoms with Crippen molar-refractivity contribution in [1.82, 2.24) is 0 Å². The van der Waals surface area contributed by atoms with Gasteiger partial charge in [-0.25, -0.2) is 0 Å². The van der Waals surface area contributed by atoms with Crippen LogP contribution in [0.15, 0.2) is 24.3 Å². The lowest BCUT2D eigenvalue weighted by Gasteiger charge is -2.26. The minimum Gasteiger partial charge on any atom is -0.0922 e. The highest BCUT2D eigenvalue weighted by Crippen LogP contribution is 2.42. The summed E-state index contributed by atoms with van der Waals surface area (Å²) < 4.78 is 0. The van der Waals surface area contributed by atoms with Crippen LogP contribution in [0.3, 0.4) is 0 Å². The average molecular weight is 288 g/mol. The molecule has 1 fully saturated rings. The molecule has 1 aliphatic carbocycles. The highest BCUT2D eigenvalue weighted by Gasteiger charge is 2.32. The van der Waals surface area contributed by atoms with Crippen LogP contribution in [-0.4, -0.2) is 5.33 Å². The van der Waals surface area contributed by atoms with E-state index < -0.39 is 0 Å². The molecule has 0 bridgehead atoms. The fourth-order valence-electron chi connectivity index (χ4n) is 2.52. The van der Waals surface area contributed by atoms with Crippen LogP contribution in [0.1, 0.15) is 31.2 Å². The Labute approximate surface area is 105 Å². The van der Waals surface area contributed by atoms with Gasteiger partial charge in [0.2, 0.25) is 0 Å². The quantitative estimate of drug-likeness (QED) is 0.698. The van der Waals surface area contributed by atoms with Crippen molar-refractivity contribution in [2.75, 3.05) is 5.33 Å². The third-order valence-electron chi connectivity index (χ3n) is 3.44. The van der Waals surface area contributed by atoms with E-state index in [1.807, 2.05) is 12.1 Å². The number of hydrogen-bond acceptors (Lipinski definition) is 0. The summed E-state index contributed by atoms with van der Waals surface area (Å²) in [7, 11) is 0. The molecule has 0 amide bonds. The molecule has 0 spiro atoms. The van der Waals surface area contributed by atoms with E-state index in [-0.39, 0.29) is 0 Å². The summed E-state index contributed by atoms with van der Waals surface area (Å²) in [5.41, 5.74) is 1.93. The largest absolute Gasteiger partial charge is 0.0922 e. The molecule has 1 aromatic rings. The molecule has 0 N–H and O–H groups in total. The summed E-state index contributed by atoms with van der Waals surface area (Å²) in [6.45, 7) is 0. The first-order chi connectivity index (χ1) is 7.24. The number of rotatable bonds is 3. The van der Waals surface area contributed by atoms with Gasteiger partial charge in [0.05, 0.1) is 0 Å². The van der Waals surface area contributed by atoms with Gasteiger partial charge in [-0.15, -0.1) is 0 Å². The summed E-state index contributed by atoms with van der Waals surface area (Å²) in [5.74, 6) is 0. The molecule has 0 saturated heterocycles. The van der Waals surface area contributed by atoms with Crippen molar-refractivity contribution in [3.05, 3.63) is 34.9 Å². The summed E-state index contributed by atoms with van der Waals surface area (Å²) in [5, 5.41) is 1.96. The molecular formula is C13H16BrCl. The normalized spacial score (nSPS) is 19.3. The Bertz CT molecular complexity index is 312. The molecule has 0 unspecified atom stereocenters. The predicted octanol–water partition coefficient (Wildman–Crippen LogP) is 4.84.